The van der Waals surface area contributed by atoms with Gasteiger partial charge < -0.3 is 41.0 Å². The van der Waals surface area contributed by atoms with Crippen LogP contribution in [0.1, 0.15) is 39.0 Å². The van der Waals surface area contributed by atoms with E-state index in [1.54, 1.807) is 0 Å². The van der Waals surface area contributed by atoms with Crippen molar-refractivity contribution in [2.45, 2.75) is 51.3 Å². The molecular weight excluding hydrogens is 404 g/mol. The van der Waals surface area contributed by atoms with Gasteiger partial charge in [0.2, 0.25) is 0 Å². The third-order valence-corrected chi connectivity index (χ3v) is 3.68. The number of hydrogen-bond donors (Lipinski definition) is 6. The fourth-order valence-corrected chi connectivity index (χ4v) is 2.22. The van der Waals surface area contributed by atoms with Crippen LogP contribution in [0, 0.1) is 0 Å². The lowest BCUT2D eigenvalue weighted by molar-refractivity contribution is -0.141. The molecule has 30 heavy (non-hydrogen) atoms. The minimum atomic E-state index is -1.26. The van der Waals surface area contributed by atoms with Crippen LogP contribution in [-0.4, -0.2) is 79.3 Å². The number of rotatable bonds is 17. The number of carboxylic acids is 2. The molecular formula is C17H30N4O9. The number of urea groups is 2. The van der Waals surface area contributed by atoms with Crippen molar-refractivity contribution in [3.05, 3.63) is 0 Å². The Balaban J connectivity index is 4.20. The molecule has 0 saturated carbocycles. The third-order valence-electron chi connectivity index (χ3n) is 3.68. The molecule has 2 atom stereocenters. The highest BCUT2D eigenvalue weighted by molar-refractivity contribution is 5.82. The SMILES string of the molecule is CCOCCNC(=O)NCCCC[C@H](NC(=O)N[C@@H](CCC(=O)O)OC=O)C(=O)O. The third kappa shape index (κ3) is 14.9. The van der Waals surface area contributed by atoms with Gasteiger partial charge in [-0.25, -0.2) is 14.4 Å². The molecule has 0 aromatic rings. The molecule has 6 N–H and O–H groups in total. The zero-order valence-electron chi connectivity index (χ0n) is 16.8. The van der Waals surface area contributed by atoms with E-state index in [0.717, 1.165) is 0 Å². The Labute approximate surface area is 173 Å². The molecule has 172 valence electrons. The first-order chi connectivity index (χ1) is 14.3. The summed E-state index contributed by atoms with van der Waals surface area (Å²) in [5, 5.41) is 27.5. The number of aliphatic carboxylic acids is 2. The van der Waals surface area contributed by atoms with Crippen molar-refractivity contribution in [3.8, 4) is 0 Å². The number of amides is 4. The van der Waals surface area contributed by atoms with E-state index in [4.69, 9.17) is 9.84 Å². The Hall–Kier alpha value is -3.09. The number of carbonyl (C=O) groups is 5. The zero-order valence-corrected chi connectivity index (χ0v) is 16.8. The molecule has 0 radical (unpaired) electrons. The Kier molecular flexibility index (Phi) is 15.1. The Morgan fingerprint density at radius 3 is 2.27 bits per heavy atom. The fraction of sp³-hybridized carbons (Fsp3) is 0.706. The van der Waals surface area contributed by atoms with Crippen molar-refractivity contribution in [2.75, 3.05) is 26.3 Å². The van der Waals surface area contributed by atoms with Crippen LogP contribution < -0.4 is 21.3 Å². The average molecular weight is 434 g/mol. The largest absolute Gasteiger partial charge is 0.481 e. The molecule has 0 heterocycles. The molecule has 0 bridgehead atoms. The molecule has 0 aromatic carbocycles. The molecule has 0 rings (SSSR count). The van der Waals surface area contributed by atoms with Crippen molar-refractivity contribution in [1.29, 1.82) is 0 Å². The minimum absolute atomic E-state index is 0.0570. The highest BCUT2D eigenvalue weighted by Crippen LogP contribution is 2.03. The van der Waals surface area contributed by atoms with E-state index in [2.05, 4.69) is 26.0 Å². The predicted molar refractivity (Wildman–Crippen MR) is 103 cm³/mol. The second-order valence-electron chi connectivity index (χ2n) is 6.04. The average Bonchev–Trinajstić information content (AvgIpc) is 2.68. The highest BCUT2D eigenvalue weighted by Gasteiger charge is 2.22. The molecule has 0 aliphatic carbocycles. The summed E-state index contributed by atoms with van der Waals surface area (Å²) in [5.41, 5.74) is 0. The maximum Gasteiger partial charge on any atom is 0.326 e. The second kappa shape index (κ2) is 16.8. The normalized spacial score (nSPS) is 12.2. The van der Waals surface area contributed by atoms with Gasteiger partial charge in [-0.15, -0.1) is 0 Å². The lowest BCUT2D eigenvalue weighted by atomic mass is 10.1. The van der Waals surface area contributed by atoms with Gasteiger partial charge in [-0.1, -0.05) is 0 Å². The lowest BCUT2D eigenvalue weighted by Gasteiger charge is -2.19. The number of hydrogen-bond acceptors (Lipinski definition) is 7. The van der Waals surface area contributed by atoms with Gasteiger partial charge in [0.25, 0.3) is 6.47 Å². The van der Waals surface area contributed by atoms with Crippen LogP contribution in [0.3, 0.4) is 0 Å². The van der Waals surface area contributed by atoms with Gasteiger partial charge in [0.05, 0.1) is 13.0 Å². The summed E-state index contributed by atoms with van der Waals surface area (Å²) in [4.78, 5) is 55.7. The number of unbranched alkanes of at least 4 members (excludes halogenated alkanes) is 1. The van der Waals surface area contributed by atoms with Crippen molar-refractivity contribution in [2.24, 2.45) is 0 Å². The van der Waals surface area contributed by atoms with E-state index in [9.17, 15) is 29.1 Å². The van der Waals surface area contributed by atoms with Crippen molar-refractivity contribution < 1.29 is 43.7 Å². The van der Waals surface area contributed by atoms with Crippen LogP contribution in [0.5, 0.6) is 0 Å². The van der Waals surface area contributed by atoms with Gasteiger partial charge in [-0.3, -0.25) is 9.59 Å². The lowest BCUT2D eigenvalue weighted by Crippen LogP contribution is -2.49. The summed E-state index contributed by atoms with van der Waals surface area (Å²) in [6.07, 6.45) is -0.723. The maximum atomic E-state index is 11.9. The van der Waals surface area contributed by atoms with Gasteiger partial charge >= 0.3 is 24.0 Å². The highest BCUT2D eigenvalue weighted by atomic mass is 16.5. The summed E-state index contributed by atoms with van der Waals surface area (Å²) >= 11 is 0. The Morgan fingerprint density at radius 2 is 1.67 bits per heavy atom. The quantitative estimate of drug-likeness (QED) is 0.100. The molecule has 0 fully saturated rings. The molecule has 0 unspecified atom stereocenters. The smallest absolute Gasteiger partial charge is 0.326 e. The molecule has 13 nitrogen and oxygen atoms in total. The zero-order chi connectivity index (χ0) is 22.8. The molecule has 0 aliphatic heterocycles. The topological polar surface area (TPSA) is 192 Å². The summed E-state index contributed by atoms with van der Waals surface area (Å²) in [6, 6.07) is -2.47. The van der Waals surface area contributed by atoms with Crippen LogP contribution in [0.2, 0.25) is 0 Å². The number of ether oxygens (including phenoxy) is 2. The monoisotopic (exact) mass is 434 g/mol. The first kappa shape index (κ1) is 26.9. The minimum Gasteiger partial charge on any atom is -0.481 e. The van der Waals surface area contributed by atoms with E-state index in [1.807, 2.05) is 6.92 Å². The van der Waals surface area contributed by atoms with Gasteiger partial charge in [-0.05, 0) is 26.2 Å². The maximum absolute atomic E-state index is 11.9. The summed E-state index contributed by atoms with van der Waals surface area (Å²) in [7, 11) is 0. The van der Waals surface area contributed by atoms with E-state index in [-0.39, 0.29) is 31.8 Å². The van der Waals surface area contributed by atoms with Gasteiger partial charge in [0.1, 0.15) is 6.04 Å². The molecule has 0 aliphatic rings. The molecule has 13 heteroatoms. The van der Waals surface area contributed by atoms with E-state index in [1.165, 1.54) is 0 Å². The van der Waals surface area contributed by atoms with Crippen LogP contribution in [0.25, 0.3) is 0 Å². The van der Waals surface area contributed by atoms with Crippen LogP contribution >= 0.6 is 0 Å². The predicted octanol–water partition coefficient (Wildman–Crippen LogP) is -0.391. The molecule has 4 amide bonds. The Bertz CT molecular complexity index is 559. The first-order valence-electron chi connectivity index (χ1n) is 9.50. The molecule has 0 saturated heterocycles. The Morgan fingerprint density at radius 1 is 0.967 bits per heavy atom. The van der Waals surface area contributed by atoms with Gasteiger partial charge in [-0.2, -0.15) is 0 Å². The molecule has 0 aromatic heterocycles. The van der Waals surface area contributed by atoms with Crippen molar-refractivity contribution >= 4 is 30.5 Å². The number of carboxylic acid groups (broad SMARTS) is 2. The van der Waals surface area contributed by atoms with E-state index >= 15 is 0 Å². The van der Waals surface area contributed by atoms with Gasteiger partial charge in [0.15, 0.2) is 6.23 Å². The standard InChI is InChI=1S/C17H30N4O9/c1-2-29-10-9-19-16(27)18-8-4-3-5-12(15(25)26)20-17(28)21-13(30-11-22)6-7-14(23)24/h11-13H,2-10H2,1H3,(H,23,24)(H,25,26)(H2,18,19,27)(H2,20,21,28)/t12-,13+/m0/s1. The van der Waals surface area contributed by atoms with Crippen LogP contribution in [-0.2, 0) is 23.9 Å². The summed E-state index contributed by atoms with van der Waals surface area (Å²) < 4.78 is 9.64. The summed E-state index contributed by atoms with van der Waals surface area (Å²) in [5.74, 6) is -2.40. The van der Waals surface area contributed by atoms with Gasteiger partial charge in [0, 0.05) is 26.1 Å². The summed E-state index contributed by atoms with van der Waals surface area (Å²) in [6.45, 7) is 3.58. The van der Waals surface area contributed by atoms with Crippen molar-refractivity contribution in [3.63, 3.8) is 0 Å². The van der Waals surface area contributed by atoms with E-state index < -0.39 is 30.2 Å². The number of nitrogens with one attached hydrogen (secondary N) is 4. The van der Waals surface area contributed by atoms with E-state index in [0.29, 0.717) is 39.1 Å². The first-order valence-corrected chi connectivity index (χ1v) is 9.50. The number of carbonyl (C=O) groups excluding carboxylic acids is 3. The molecule has 0 spiro atoms. The second-order valence-corrected chi connectivity index (χ2v) is 6.04. The van der Waals surface area contributed by atoms with Crippen molar-refractivity contribution in [1.82, 2.24) is 21.3 Å². The van der Waals surface area contributed by atoms with Crippen LogP contribution in [0.4, 0.5) is 9.59 Å². The van der Waals surface area contributed by atoms with Crippen LogP contribution in [0.15, 0.2) is 0 Å². The fourth-order valence-electron chi connectivity index (χ4n) is 2.22.